The average molecular weight is 425 g/mol. The number of anilines is 1. The lowest BCUT2D eigenvalue weighted by Gasteiger charge is -2.36. The van der Waals surface area contributed by atoms with Gasteiger partial charge < -0.3 is 33.7 Å². The Hall–Kier alpha value is -3.55. The molecule has 8 heteroatoms. The van der Waals surface area contributed by atoms with Crippen LogP contribution in [0.2, 0.25) is 0 Å². The summed E-state index contributed by atoms with van der Waals surface area (Å²) in [6, 6.07) is 11.6. The molecule has 1 aliphatic rings. The Morgan fingerprint density at radius 3 is 2.10 bits per heavy atom. The molecule has 1 fully saturated rings. The second-order valence-electron chi connectivity index (χ2n) is 7.27. The van der Waals surface area contributed by atoms with Crippen LogP contribution in [0.15, 0.2) is 36.4 Å². The predicted octanol–water partition coefficient (Wildman–Crippen LogP) is 3.16. The normalized spacial score (nSPS) is 13.9. The minimum atomic E-state index is -0.0365. The molecule has 3 aromatic rings. The summed E-state index contributed by atoms with van der Waals surface area (Å²) >= 11 is 0. The van der Waals surface area contributed by atoms with E-state index in [9.17, 15) is 4.79 Å². The van der Waals surface area contributed by atoms with Gasteiger partial charge >= 0.3 is 0 Å². The van der Waals surface area contributed by atoms with Gasteiger partial charge in [-0.05, 0) is 30.3 Å². The number of H-pyrrole nitrogens is 1. The fraction of sp³-hybridized carbons (Fsp3) is 0.348. The Kier molecular flexibility index (Phi) is 5.79. The summed E-state index contributed by atoms with van der Waals surface area (Å²) < 4.78 is 21.6. The Morgan fingerprint density at radius 1 is 0.839 bits per heavy atom. The van der Waals surface area contributed by atoms with Gasteiger partial charge in [0.2, 0.25) is 5.75 Å². The van der Waals surface area contributed by atoms with Crippen LogP contribution in [0.25, 0.3) is 10.9 Å². The van der Waals surface area contributed by atoms with Gasteiger partial charge in [0.1, 0.15) is 11.4 Å². The molecule has 1 N–H and O–H groups in total. The zero-order valence-corrected chi connectivity index (χ0v) is 18.2. The van der Waals surface area contributed by atoms with Crippen molar-refractivity contribution in [2.75, 3.05) is 59.5 Å². The number of methoxy groups -OCH3 is 4. The standard InChI is InChI=1S/C23H27N3O5/c1-28-16-7-5-15(6-8-16)25-9-11-26(12-10-25)23(27)19-13-17-18(24-19)14-20(29-2)22(31-4)21(17)30-3/h5-8,13-14,24H,9-12H2,1-4H3. The Bertz CT molecular complexity index is 1070. The summed E-state index contributed by atoms with van der Waals surface area (Å²) in [6.45, 7) is 2.82. The Morgan fingerprint density at radius 2 is 1.52 bits per heavy atom. The van der Waals surface area contributed by atoms with Gasteiger partial charge in [-0.3, -0.25) is 4.79 Å². The zero-order valence-electron chi connectivity index (χ0n) is 18.2. The van der Waals surface area contributed by atoms with Crippen molar-refractivity contribution in [1.29, 1.82) is 0 Å². The maximum atomic E-state index is 13.2. The van der Waals surface area contributed by atoms with Crippen LogP contribution in [0.1, 0.15) is 10.5 Å². The number of hydrogen-bond acceptors (Lipinski definition) is 6. The summed E-state index contributed by atoms with van der Waals surface area (Å²) in [5.74, 6) is 2.38. The van der Waals surface area contributed by atoms with Crippen molar-refractivity contribution in [3.8, 4) is 23.0 Å². The van der Waals surface area contributed by atoms with Gasteiger partial charge in [-0.2, -0.15) is 0 Å². The number of carbonyl (C=O) groups excluding carboxylic acids is 1. The van der Waals surface area contributed by atoms with E-state index in [0.717, 1.165) is 35.4 Å². The molecule has 2 heterocycles. The van der Waals surface area contributed by atoms with E-state index < -0.39 is 0 Å². The van der Waals surface area contributed by atoms with E-state index in [0.29, 0.717) is 36.0 Å². The van der Waals surface area contributed by atoms with Gasteiger partial charge in [0, 0.05) is 43.3 Å². The number of ether oxygens (including phenoxy) is 4. The third kappa shape index (κ3) is 3.81. The number of fused-ring (bicyclic) bond motifs is 1. The highest BCUT2D eigenvalue weighted by atomic mass is 16.5. The van der Waals surface area contributed by atoms with Crippen molar-refractivity contribution in [3.63, 3.8) is 0 Å². The molecular weight excluding hydrogens is 398 g/mol. The number of rotatable bonds is 6. The maximum Gasteiger partial charge on any atom is 0.270 e. The number of aromatic amines is 1. The molecule has 31 heavy (non-hydrogen) atoms. The molecule has 2 aromatic carbocycles. The summed E-state index contributed by atoms with van der Waals surface area (Å²) in [6.07, 6.45) is 0. The first-order chi connectivity index (χ1) is 15.1. The van der Waals surface area contributed by atoms with Crippen LogP contribution in [0.4, 0.5) is 5.69 Å². The van der Waals surface area contributed by atoms with Crippen LogP contribution in [-0.2, 0) is 0 Å². The summed E-state index contributed by atoms with van der Waals surface area (Å²) in [7, 11) is 6.36. The van der Waals surface area contributed by atoms with Crippen molar-refractivity contribution in [2.45, 2.75) is 0 Å². The van der Waals surface area contributed by atoms with E-state index in [-0.39, 0.29) is 5.91 Å². The molecule has 0 spiro atoms. The van der Waals surface area contributed by atoms with E-state index >= 15 is 0 Å². The highest BCUT2D eigenvalue weighted by molar-refractivity contribution is 6.01. The van der Waals surface area contributed by atoms with Crippen molar-refractivity contribution in [2.24, 2.45) is 0 Å². The molecule has 1 saturated heterocycles. The van der Waals surface area contributed by atoms with E-state index in [2.05, 4.69) is 9.88 Å². The number of aromatic nitrogens is 1. The number of benzene rings is 2. The number of carbonyl (C=O) groups is 1. The van der Waals surface area contributed by atoms with Crippen LogP contribution in [-0.4, -0.2) is 70.4 Å². The van der Waals surface area contributed by atoms with E-state index in [1.54, 1.807) is 28.4 Å². The fourth-order valence-corrected chi connectivity index (χ4v) is 4.00. The predicted molar refractivity (Wildman–Crippen MR) is 119 cm³/mol. The molecule has 4 rings (SSSR count). The first-order valence-electron chi connectivity index (χ1n) is 10.1. The Labute approximate surface area is 181 Å². The first-order valence-corrected chi connectivity index (χ1v) is 10.1. The van der Waals surface area contributed by atoms with Crippen LogP contribution in [0.5, 0.6) is 23.0 Å². The van der Waals surface area contributed by atoms with Gasteiger partial charge in [0.15, 0.2) is 11.5 Å². The molecule has 0 bridgehead atoms. The van der Waals surface area contributed by atoms with E-state index in [1.165, 1.54) is 0 Å². The van der Waals surface area contributed by atoms with Crippen molar-refractivity contribution < 1.29 is 23.7 Å². The van der Waals surface area contributed by atoms with Crippen LogP contribution >= 0.6 is 0 Å². The molecule has 0 aliphatic carbocycles. The molecule has 0 unspecified atom stereocenters. The quantitative estimate of drug-likeness (QED) is 0.654. The number of nitrogens with one attached hydrogen (secondary N) is 1. The molecule has 1 amide bonds. The monoisotopic (exact) mass is 425 g/mol. The third-order valence-electron chi connectivity index (χ3n) is 5.66. The number of nitrogens with zero attached hydrogens (tertiary/aromatic N) is 2. The van der Waals surface area contributed by atoms with Gasteiger partial charge in [-0.25, -0.2) is 0 Å². The lowest BCUT2D eigenvalue weighted by atomic mass is 10.2. The molecule has 0 atom stereocenters. The lowest BCUT2D eigenvalue weighted by molar-refractivity contribution is 0.0742. The van der Waals surface area contributed by atoms with Crippen molar-refractivity contribution >= 4 is 22.5 Å². The number of hydrogen-bond donors (Lipinski definition) is 1. The largest absolute Gasteiger partial charge is 0.497 e. The third-order valence-corrected chi connectivity index (χ3v) is 5.66. The minimum absolute atomic E-state index is 0.0365. The van der Waals surface area contributed by atoms with Crippen molar-refractivity contribution in [1.82, 2.24) is 9.88 Å². The fourth-order valence-electron chi connectivity index (χ4n) is 4.00. The summed E-state index contributed by atoms with van der Waals surface area (Å²) in [5, 5.41) is 0.778. The molecule has 1 aliphatic heterocycles. The summed E-state index contributed by atoms with van der Waals surface area (Å²) in [5.41, 5.74) is 2.40. The second kappa shape index (κ2) is 8.67. The number of piperazine rings is 1. The number of amides is 1. The SMILES string of the molecule is COc1ccc(N2CCN(C(=O)c3cc4c(OC)c(OC)c(OC)cc4[nH]3)CC2)cc1. The maximum absolute atomic E-state index is 13.2. The van der Waals surface area contributed by atoms with Crippen molar-refractivity contribution in [3.05, 3.63) is 42.1 Å². The first kappa shape index (κ1) is 20.7. The molecule has 0 radical (unpaired) electrons. The molecule has 0 saturated carbocycles. The van der Waals surface area contributed by atoms with Crippen LogP contribution in [0, 0.1) is 0 Å². The van der Waals surface area contributed by atoms with Gasteiger partial charge in [-0.15, -0.1) is 0 Å². The average Bonchev–Trinajstić information content (AvgIpc) is 3.26. The van der Waals surface area contributed by atoms with Gasteiger partial charge in [-0.1, -0.05) is 0 Å². The zero-order chi connectivity index (χ0) is 22.0. The van der Waals surface area contributed by atoms with Gasteiger partial charge in [0.25, 0.3) is 5.91 Å². The van der Waals surface area contributed by atoms with E-state index in [1.807, 2.05) is 41.3 Å². The van der Waals surface area contributed by atoms with Gasteiger partial charge in [0.05, 0.1) is 34.0 Å². The smallest absolute Gasteiger partial charge is 0.270 e. The minimum Gasteiger partial charge on any atom is -0.497 e. The molecule has 164 valence electrons. The highest BCUT2D eigenvalue weighted by Crippen LogP contribution is 2.43. The van der Waals surface area contributed by atoms with E-state index in [4.69, 9.17) is 18.9 Å². The second-order valence-corrected chi connectivity index (χ2v) is 7.27. The summed E-state index contributed by atoms with van der Waals surface area (Å²) in [4.78, 5) is 20.5. The van der Waals surface area contributed by atoms with Crippen LogP contribution < -0.4 is 23.8 Å². The molecule has 1 aromatic heterocycles. The molecule has 8 nitrogen and oxygen atoms in total. The highest BCUT2D eigenvalue weighted by Gasteiger charge is 2.25. The van der Waals surface area contributed by atoms with Crippen LogP contribution in [0.3, 0.4) is 0 Å². The topological polar surface area (TPSA) is 76.3 Å². The Balaban J connectivity index is 1.52. The molecular formula is C23H27N3O5. The lowest BCUT2D eigenvalue weighted by Crippen LogP contribution is -2.48.